The lowest BCUT2D eigenvalue weighted by molar-refractivity contribution is 0.457. The van der Waals surface area contributed by atoms with Crippen LogP contribution in [0, 0.1) is 6.92 Å². The van der Waals surface area contributed by atoms with Crippen LogP contribution in [0.1, 0.15) is 27.3 Å². The van der Waals surface area contributed by atoms with Gasteiger partial charge in [-0.2, -0.15) is 0 Å². The molecule has 2 aromatic heterocycles. The van der Waals surface area contributed by atoms with Gasteiger partial charge in [-0.1, -0.05) is 0 Å². The van der Waals surface area contributed by atoms with Crippen LogP contribution in [0.4, 0.5) is 0 Å². The van der Waals surface area contributed by atoms with Gasteiger partial charge in [0.25, 0.3) is 0 Å². The van der Waals surface area contributed by atoms with Gasteiger partial charge in [-0.15, -0.1) is 11.3 Å². The summed E-state index contributed by atoms with van der Waals surface area (Å²) in [5.41, 5.74) is 1.27. The van der Waals surface area contributed by atoms with Gasteiger partial charge in [0.1, 0.15) is 5.76 Å². The quantitative estimate of drug-likeness (QED) is 0.801. The van der Waals surface area contributed by atoms with Crippen LogP contribution in [0.5, 0.6) is 0 Å². The first-order chi connectivity index (χ1) is 7.34. The number of nitrogens with zero attached hydrogens (tertiary/aromatic N) is 1. The van der Waals surface area contributed by atoms with Gasteiger partial charge in [0, 0.05) is 29.6 Å². The molecule has 0 fully saturated rings. The Balaban J connectivity index is 2.02. The summed E-state index contributed by atoms with van der Waals surface area (Å²) < 4.78 is 5.46. The molecule has 3 heterocycles. The van der Waals surface area contributed by atoms with E-state index in [1.807, 2.05) is 13.1 Å². The molecule has 15 heavy (non-hydrogen) atoms. The summed E-state index contributed by atoms with van der Waals surface area (Å²) in [6.45, 7) is 3.01. The Bertz CT molecular complexity index is 474. The first-order valence-electron chi connectivity index (χ1n) is 5.06. The molecule has 4 heteroatoms. The van der Waals surface area contributed by atoms with Crippen molar-refractivity contribution in [2.75, 3.05) is 6.54 Å². The van der Waals surface area contributed by atoms with E-state index in [1.165, 1.54) is 10.4 Å². The molecule has 1 aliphatic heterocycles. The topological polar surface area (TPSA) is 38.1 Å². The van der Waals surface area contributed by atoms with E-state index in [9.17, 15) is 0 Å². The molecular formula is C11H12N2OS. The molecule has 78 valence electrons. The molecule has 3 nitrogen and oxygen atoms in total. The summed E-state index contributed by atoms with van der Waals surface area (Å²) in [7, 11) is 0. The van der Waals surface area contributed by atoms with Gasteiger partial charge in [0.15, 0.2) is 0 Å². The van der Waals surface area contributed by atoms with Crippen molar-refractivity contribution < 1.29 is 4.42 Å². The summed E-state index contributed by atoms with van der Waals surface area (Å²) >= 11 is 1.75. The molecule has 0 radical (unpaired) electrons. The molecule has 0 amide bonds. The van der Waals surface area contributed by atoms with Crippen molar-refractivity contribution in [3.63, 3.8) is 0 Å². The lowest BCUT2D eigenvalue weighted by Gasteiger charge is -2.21. The fourth-order valence-electron chi connectivity index (χ4n) is 2.02. The minimum Gasteiger partial charge on any atom is -0.469 e. The molecule has 1 atom stereocenters. The van der Waals surface area contributed by atoms with E-state index in [-0.39, 0.29) is 6.04 Å². The number of thiazole rings is 1. The number of furan rings is 1. The Morgan fingerprint density at radius 1 is 1.60 bits per heavy atom. The molecule has 2 aromatic rings. The molecule has 1 aliphatic rings. The van der Waals surface area contributed by atoms with Crippen LogP contribution in [0.3, 0.4) is 0 Å². The summed E-state index contributed by atoms with van der Waals surface area (Å²) in [4.78, 5) is 5.57. The SMILES string of the molecule is Cc1ncc(C2NCCc3occc32)s1. The van der Waals surface area contributed by atoms with Crippen LogP contribution in [0.25, 0.3) is 0 Å². The predicted molar refractivity (Wildman–Crippen MR) is 59.1 cm³/mol. The molecule has 0 aliphatic carbocycles. The van der Waals surface area contributed by atoms with Gasteiger partial charge < -0.3 is 9.73 Å². The molecular weight excluding hydrogens is 208 g/mol. The number of hydrogen-bond donors (Lipinski definition) is 1. The highest BCUT2D eigenvalue weighted by molar-refractivity contribution is 7.11. The molecule has 0 saturated carbocycles. The minimum atomic E-state index is 0.277. The van der Waals surface area contributed by atoms with Crippen LogP contribution in [0.2, 0.25) is 0 Å². The van der Waals surface area contributed by atoms with E-state index in [0.29, 0.717) is 0 Å². The second-order valence-electron chi connectivity index (χ2n) is 3.72. The second kappa shape index (κ2) is 3.47. The standard InChI is InChI=1S/C11H12N2OS/c1-7-13-6-10(15-7)11-8-3-5-14-9(8)2-4-12-11/h3,5-6,11-12H,2,4H2,1H3. The lowest BCUT2D eigenvalue weighted by Crippen LogP contribution is -2.29. The Labute approximate surface area is 92.1 Å². The van der Waals surface area contributed by atoms with Gasteiger partial charge in [-0.05, 0) is 13.0 Å². The van der Waals surface area contributed by atoms with Crippen molar-refractivity contribution in [3.05, 3.63) is 39.7 Å². The molecule has 3 rings (SSSR count). The molecule has 0 aromatic carbocycles. The van der Waals surface area contributed by atoms with Crippen LogP contribution in [-0.2, 0) is 6.42 Å². The monoisotopic (exact) mass is 220 g/mol. The Hall–Kier alpha value is -1.13. The average molecular weight is 220 g/mol. The average Bonchev–Trinajstić information content (AvgIpc) is 2.84. The number of aromatic nitrogens is 1. The van der Waals surface area contributed by atoms with Crippen molar-refractivity contribution in [3.8, 4) is 0 Å². The Morgan fingerprint density at radius 3 is 3.33 bits per heavy atom. The maximum absolute atomic E-state index is 5.46. The smallest absolute Gasteiger partial charge is 0.110 e. The molecule has 1 unspecified atom stereocenters. The van der Waals surface area contributed by atoms with Crippen molar-refractivity contribution in [2.24, 2.45) is 0 Å². The van der Waals surface area contributed by atoms with E-state index in [1.54, 1.807) is 17.6 Å². The highest BCUT2D eigenvalue weighted by Crippen LogP contribution is 2.32. The summed E-state index contributed by atoms with van der Waals surface area (Å²) in [5, 5.41) is 4.61. The third-order valence-electron chi connectivity index (χ3n) is 2.72. The Morgan fingerprint density at radius 2 is 2.53 bits per heavy atom. The number of hydrogen-bond acceptors (Lipinski definition) is 4. The van der Waals surface area contributed by atoms with E-state index in [2.05, 4.69) is 16.4 Å². The highest BCUT2D eigenvalue weighted by atomic mass is 32.1. The summed E-state index contributed by atoms with van der Waals surface area (Å²) in [6.07, 6.45) is 4.72. The molecule has 0 spiro atoms. The van der Waals surface area contributed by atoms with Gasteiger partial charge in [0.05, 0.1) is 17.3 Å². The van der Waals surface area contributed by atoms with E-state index in [4.69, 9.17) is 4.42 Å². The fourth-order valence-corrected chi connectivity index (χ4v) is 2.90. The predicted octanol–water partition coefficient (Wildman–Crippen LogP) is 2.28. The van der Waals surface area contributed by atoms with Crippen LogP contribution >= 0.6 is 11.3 Å². The first kappa shape index (κ1) is 9.12. The summed E-state index contributed by atoms with van der Waals surface area (Å²) in [6, 6.07) is 2.33. The lowest BCUT2D eigenvalue weighted by atomic mass is 10.0. The van der Waals surface area contributed by atoms with Gasteiger partial charge in [-0.3, -0.25) is 0 Å². The van der Waals surface area contributed by atoms with Crippen molar-refractivity contribution in [1.29, 1.82) is 0 Å². The van der Waals surface area contributed by atoms with Crippen molar-refractivity contribution in [1.82, 2.24) is 10.3 Å². The fraction of sp³-hybridized carbons (Fsp3) is 0.364. The zero-order valence-electron chi connectivity index (χ0n) is 8.49. The van der Waals surface area contributed by atoms with Gasteiger partial charge >= 0.3 is 0 Å². The molecule has 0 bridgehead atoms. The van der Waals surface area contributed by atoms with Crippen LogP contribution < -0.4 is 5.32 Å². The number of aryl methyl sites for hydroxylation is 1. The minimum absolute atomic E-state index is 0.277. The second-order valence-corrected chi connectivity index (χ2v) is 4.98. The maximum atomic E-state index is 5.46. The number of fused-ring (bicyclic) bond motifs is 1. The number of rotatable bonds is 1. The number of nitrogens with one attached hydrogen (secondary N) is 1. The molecule has 0 saturated heterocycles. The van der Waals surface area contributed by atoms with E-state index < -0.39 is 0 Å². The van der Waals surface area contributed by atoms with Crippen molar-refractivity contribution >= 4 is 11.3 Å². The first-order valence-corrected chi connectivity index (χ1v) is 5.88. The van der Waals surface area contributed by atoms with Gasteiger partial charge in [-0.25, -0.2) is 4.98 Å². The van der Waals surface area contributed by atoms with Crippen LogP contribution in [0.15, 0.2) is 22.9 Å². The van der Waals surface area contributed by atoms with Gasteiger partial charge in [0.2, 0.25) is 0 Å². The summed E-state index contributed by atoms with van der Waals surface area (Å²) in [5.74, 6) is 1.12. The van der Waals surface area contributed by atoms with Crippen LogP contribution in [-0.4, -0.2) is 11.5 Å². The third-order valence-corrected chi connectivity index (χ3v) is 3.69. The van der Waals surface area contributed by atoms with E-state index >= 15 is 0 Å². The molecule has 1 N–H and O–H groups in total. The van der Waals surface area contributed by atoms with Crippen molar-refractivity contribution in [2.45, 2.75) is 19.4 Å². The normalized spacial score (nSPS) is 20.2. The van der Waals surface area contributed by atoms with E-state index in [0.717, 1.165) is 23.7 Å². The zero-order chi connectivity index (χ0) is 10.3. The third kappa shape index (κ3) is 1.50. The maximum Gasteiger partial charge on any atom is 0.110 e. The highest BCUT2D eigenvalue weighted by Gasteiger charge is 2.24. The Kier molecular flexibility index (Phi) is 2.11. The zero-order valence-corrected chi connectivity index (χ0v) is 9.30. The largest absolute Gasteiger partial charge is 0.469 e.